The minimum atomic E-state index is 0.548. The van der Waals surface area contributed by atoms with Crippen molar-refractivity contribution in [1.29, 1.82) is 0 Å². The lowest BCUT2D eigenvalue weighted by Crippen LogP contribution is -2.44. The van der Waals surface area contributed by atoms with E-state index in [1.165, 1.54) is 19.3 Å². The Balaban J connectivity index is 1.41. The molecular formula is C20H30N6. The van der Waals surface area contributed by atoms with Gasteiger partial charge in [-0.3, -0.25) is 4.68 Å². The molecular weight excluding hydrogens is 324 g/mol. The largest absolute Gasteiger partial charge is 0.354 e. The van der Waals surface area contributed by atoms with Crippen molar-refractivity contribution in [1.82, 2.24) is 19.7 Å². The Morgan fingerprint density at radius 2 is 1.96 bits per heavy atom. The van der Waals surface area contributed by atoms with Crippen LogP contribution in [-0.2, 0) is 0 Å². The molecule has 3 heterocycles. The van der Waals surface area contributed by atoms with E-state index in [1.54, 1.807) is 0 Å². The zero-order chi connectivity index (χ0) is 17.9. The number of piperazine rings is 1. The molecule has 0 amide bonds. The fourth-order valence-corrected chi connectivity index (χ4v) is 4.02. The number of hydrogen-bond donors (Lipinski definition) is 1. The van der Waals surface area contributed by atoms with Gasteiger partial charge in [-0.15, -0.1) is 0 Å². The predicted octanol–water partition coefficient (Wildman–Crippen LogP) is 2.39. The van der Waals surface area contributed by atoms with Gasteiger partial charge in [0, 0.05) is 37.9 Å². The molecule has 2 aromatic rings. The van der Waals surface area contributed by atoms with Crippen molar-refractivity contribution in [3.63, 3.8) is 0 Å². The van der Waals surface area contributed by atoms with Crippen LogP contribution in [0.4, 0.5) is 5.82 Å². The summed E-state index contributed by atoms with van der Waals surface area (Å²) in [4.78, 5) is 9.65. The first kappa shape index (κ1) is 17.5. The van der Waals surface area contributed by atoms with Crippen molar-refractivity contribution in [2.45, 2.75) is 31.7 Å². The van der Waals surface area contributed by atoms with Gasteiger partial charge in [0.1, 0.15) is 5.82 Å². The van der Waals surface area contributed by atoms with Crippen LogP contribution in [0.2, 0.25) is 0 Å². The zero-order valence-corrected chi connectivity index (χ0v) is 15.7. The Kier molecular flexibility index (Phi) is 5.22. The number of hydrogen-bond acceptors (Lipinski definition) is 5. The Morgan fingerprint density at radius 1 is 1.15 bits per heavy atom. The molecule has 2 N–H and O–H groups in total. The molecule has 26 heavy (non-hydrogen) atoms. The van der Waals surface area contributed by atoms with Gasteiger partial charge in [0.05, 0.1) is 17.9 Å². The Bertz CT molecular complexity index is 713. The lowest BCUT2D eigenvalue weighted by molar-refractivity contribution is 0.171. The number of aromatic nitrogens is 3. The molecule has 140 valence electrons. The van der Waals surface area contributed by atoms with Crippen molar-refractivity contribution < 1.29 is 0 Å². The van der Waals surface area contributed by atoms with Gasteiger partial charge in [-0.05, 0) is 57.3 Å². The van der Waals surface area contributed by atoms with Gasteiger partial charge in [0.25, 0.3) is 0 Å². The van der Waals surface area contributed by atoms with E-state index >= 15 is 0 Å². The van der Waals surface area contributed by atoms with Crippen LogP contribution >= 0.6 is 0 Å². The van der Waals surface area contributed by atoms with E-state index < -0.39 is 0 Å². The highest BCUT2D eigenvalue weighted by molar-refractivity contribution is 5.60. The Morgan fingerprint density at radius 3 is 2.73 bits per heavy atom. The van der Waals surface area contributed by atoms with Gasteiger partial charge in [0.2, 0.25) is 0 Å². The highest BCUT2D eigenvalue weighted by atomic mass is 15.3. The van der Waals surface area contributed by atoms with E-state index in [1.807, 2.05) is 6.20 Å². The molecule has 1 saturated heterocycles. The average Bonchev–Trinajstić information content (AvgIpc) is 3.11. The van der Waals surface area contributed by atoms with Crippen LogP contribution in [0.5, 0.6) is 0 Å². The molecule has 0 spiro atoms. The van der Waals surface area contributed by atoms with Crippen molar-refractivity contribution >= 4 is 5.82 Å². The summed E-state index contributed by atoms with van der Waals surface area (Å²) < 4.78 is 2.14. The highest BCUT2D eigenvalue weighted by Crippen LogP contribution is 2.40. The number of nitrogens with zero attached hydrogens (tertiary/aromatic N) is 5. The van der Waals surface area contributed by atoms with Crippen LogP contribution in [0.25, 0.3) is 11.3 Å². The second-order valence-corrected chi connectivity index (χ2v) is 7.80. The standard InChI is InChI=1S/C20H30N6/c1-24-8-10-25(11-9-24)20-6-2-5-19(23-20)17-14-22-26(15-17)18-12-16(13-18)4-3-7-21/h2,5-6,14-16,18H,3-4,7-13,21H2,1H3. The molecule has 0 unspecified atom stereocenters. The molecule has 1 saturated carbocycles. The Labute approximate surface area is 156 Å². The molecule has 0 bridgehead atoms. The van der Waals surface area contributed by atoms with Crippen molar-refractivity contribution in [3.8, 4) is 11.3 Å². The molecule has 2 aliphatic rings. The fraction of sp³-hybridized carbons (Fsp3) is 0.600. The van der Waals surface area contributed by atoms with Crippen molar-refractivity contribution in [3.05, 3.63) is 30.6 Å². The molecule has 0 radical (unpaired) electrons. The fourth-order valence-electron chi connectivity index (χ4n) is 4.02. The number of pyridine rings is 1. The lowest BCUT2D eigenvalue weighted by atomic mass is 9.77. The van der Waals surface area contributed by atoms with E-state index in [-0.39, 0.29) is 0 Å². The second-order valence-electron chi connectivity index (χ2n) is 7.80. The SMILES string of the molecule is CN1CCN(c2cccc(-c3cnn(C4CC(CCCN)C4)c3)n2)CC1. The predicted molar refractivity (Wildman–Crippen MR) is 105 cm³/mol. The normalized spacial score (nSPS) is 23.8. The third-order valence-corrected chi connectivity index (χ3v) is 5.86. The zero-order valence-electron chi connectivity index (χ0n) is 15.7. The van der Waals surface area contributed by atoms with E-state index in [0.717, 1.165) is 62.1 Å². The van der Waals surface area contributed by atoms with Crippen LogP contribution in [-0.4, -0.2) is 59.4 Å². The summed E-state index contributed by atoms with van der Waals surface area (Å²) in [7, 11) is 2.18. The van der Waals surface area contributed by atoms with Gasteiger partial charge in [-0.25, -0.2) is 4.98 Å². The molecule has 2 fully saturated rings. The maximum atomic E-state index is 5.61. The van der Waals surface area contributed by atoms with Crippen molar-refractivity contribution in [2.75, 3.05) is 44.7 Å². The third-order valence-electron chi connectivity index (χ3n) is 5.86. The summed E-state index contributed by atoms with van der Waals surface area (Å²) in [6.45, 7) is 5.08. The highest BCUT2D eigenvalue weighted by Gasteiger charge is 2.30. The molecule has 6 nitrogen and oxygen atoms in total. The molecule has 2 aromatic heterocycles. The van der Waals surface area contributed by atoms with E-state index in [4.69, 9.17) is 10.7 Å². The quantitative estimate of drug-likeness (QED) is 0.863. The van der Waals surface area contributed by atoms with E-state index in [2.05, 4.69) is 51.0 Å². The molecule has 0 aromatic carbocycles. The second kappa shape index (κ2) is 7.76. The van der Waals surface area contributed by atoms with Crippen LogP contribution in [0.15, 0.2) is 30.6 Å². The molecule has 0 atom stereocenters. The molecule has 6 heteroatoms. The van der Waals surface area contributed by atoms with E-state index in [0.29, 0.717) is 6.04 Å². The first-order valence-electron chi connectivity index (χ1n) is 9.88. The Hall–Kier alpha value is -1.92. The maximum absolute atomic E-state index is 5.61. The summed E-state index contributed by atoms with van der Waals surface area (Å²) in [6, 6.07) is 6.87. The summed E-state index contributed by atoms with van der Waals surface area (Å²) in [6.07, 6.45) is 9.00. The molecule has 4 rings (SSSR count). The number of anilines is 1. The summed E-state index contributed by atoms with van der Waals surface area (Å²) in [5.74, 6) is 1.91. The van der Waals surface area contributed by atoms with Crippen LogP contribution in [0.3, 0.4) is 0 Å². The topological polar surface area (TPSA) is 63.2 Å². The summed E-state index contributed by atoms with van der Waals surface area (Å²) in [5.41, 5.74) is 7.75. The number of likely N-dealkylation sites (N-methyl/N-ethyl adjacent to an activating group) is 1. The lowest BCUT2D eigenvalue weighted by Gasteiger charge is -2.35. The average molecular weight is 355 g/mol. The van der Waals surface area contributed by atoms with Gasteiger partial charge in [-0.1, -0.05) is 6.07 Å². The van der Waals surface area contributed by atoms with Gasteiger partial charge in [-0.2, -0.15) is 5.10 Å². The maximum Gasteiger partial charge on any atom is 0.129 e. The smallest absolute Gasteiger partial charge is 0.129 e. The van der Waals surface area contributed by atoms with Gasteiger partial charge < -0.3 is 15.5 Å². The van der Waals surface area contributed by atoms with Crippen LogP contribution in [0, 0.1) is 5.92 Å². The van der Waals surface area contributed by atoms with Crippen LogP contribution < -0.4 is 10.6 Å². The minimum absolute atomic E-state index is 0.548. The summed E-state index contributed by atoms with van der Waals surface area (Å²) in [5, 5.41) is 4.61. The minimum Gasteiger partial charge on any atom is -0.354 e. The van der Waals surface area contributed by atoms with Gasteiger partial charge in [0.15, 0.2) is 0 Å². The first-order chi connectivity index (χ1) is 12.7. The number of nitrogens with two attached hydrogens (primary N) is 1. The monoisotopic (exact) mass is 354 g/mol. The molecule has 1 aliphatic carbocycles. The summed E-state index contributed by atoms with van der Waals surface area (Å²) >= 11 is 0. The van der Waals surface area contributed by atoms with E-state index in [9.17, 15) is 0 Å². The number of rotatable bonds is 6. The first-order valence-corrected chi connectivity index (χ1v) is 9.88. The van der Waals surface area contributed by atoms with Gasteiger partial charge >= 0.3 is 0 Å². The molecule has 1 aliphatic heterocycles. The van der Waals surface area contributed by atoms with Crippen molar-refractivity contribution in [2.24, 2.45) is 11.7 Å². The van der Waals surface area contributed by atoms with Crippen LogP contribution in [0.1, 0.15) is 31.7 Å². The third kappa shape index (κ3) is 3.76.